The fourth-order valence-corrected chi connectivity index (χ4v) is 9.20. The quantitative estimate of drug-likeness (QED) is 0.149. The minimum Gasteiger partial charge on any atom is -0.497 e. The number of rotatable bonds is 7. The van der Waals surface area contributed by atoms with Crippen LogP contribution >= 0.6 is 11.3 Å². The Balaban J connectivity index is 0.00000458. The van der Waals surface area contributed by atoms with Gasteiger partial charge in [-0.05, 0) is 82.4 Å². The molecule has 0 unspecified atom stereocenters. The molecule has 4 aromatic heterocycles. The van der Waals surface area contributed by atoms with Crippen molar-refractivity contribution in [3.05, 3.63) is 187 Å². The molecule has 62 heavy (non-hydrogen) atoms. The molecule has 0 fully saturated rings. The second-order valence-corrected chi connectivity index (χ2v) is 17.2. The Hall–Kier alpha value is -6.73. The van der Waals surface area contributed by atoms with Gasteiger partial charge in [0.05, 0.1) is 39.2 Å². The molecule has 0 aliphatic rings. The molecule has 11 aromatic rings. The van der Waals surface area contributed by atoms with E-state index in [-0.39, 0.29) is 32.3 Å². The molecule has 6 nitrogen and oxygen atoms in total. The number of imidazole rings is 2. The van der Waals surface area contributed by atoms with Crippen LogP contribution in [0.15, 0.2) is 164 Å². The van der Waals surface area contributed by atoms with Crippen LogP contribution in [-0.2, 0) is 26.5 Å². The first kappa shape index (κ1) is 39.4. The van der Waals surface area contributed by atoms with Gasteiger partial charge in [0.15, 0.2) is 0 Å². The number of thiophene rings is 1. The van der Waals surface area contributed by atoms with Gasteiger partial charge in [-0.15, -0.1) is 17.2 Å². The maximum absolute atomic E-state index is 13.9. The third-order valence-electron chi connectivity index (χ3n) is 11.0. The molecule has 0 amide bonds. The van der Waals surface area contributed by atoms with Gasteiger partial charge in [0, 0.05) is 39.3 Å². The van der Waals surface area contributed by atoms with Crippen molar-refractivity contribution < 1.29 is 30.2 Å². The minimum absolute atomic E-state index is 0. The fourth-order valence-electron chi connectivity index (χ4n) is 8.02. The smallest absolute Gasteiger partial charge is 0.497 e. The predicted octanol–water partition coefficient (Wildman–Crippen LogP) is 14.0. The summed E-state index contributed by atoms with van der Waals surface area (Å²) in [7, 11) is 0. The molecule has 11 rings (SSSR count). The number of para-hydroxylation sites is 6. The molecule has 7 aromatic carbocycles. The molecule has 9 heteroatoms. The van der Waals surface area contributed by atoms with Gasteiger partial charge in [0.1, 0.15) is 5.82 Å². The fraction of sp³-hybridized carbons (Fsp3) is 0.0755. The largest absolute Gasteiger partial charge is 2.00 e. The van der Waals surface area contributed by atoms with Crippen molar-refractivity contribution in [1.29, 1.82) is 0 Å². The maximum atomic E-state index is 13.9. The first-order valence-electron chi connectivity index (χ1n) is 20.1. The summed E-state index contributed by atoms with van der Waals surface area (Å²) < 4.78 is 27.2. The van der Waals surface area contributed by atoms with E-state index in [4.69, 9.17) is 19.7 Å². The second kappa shape index (κ2) is 15.6. The minimum atomic E-state index is -0.277. The summed E-state index contributed by atoms with van der Waals surface area (Å²) in [5, 5.41) is 0.916. The number of nitrogens with zero attached hydrogens (tertiary/aromatic N) is 5. The van der Waals surface area contributed by atoms with Gasteiger partial charge in [0.25, 0.3) is 0 Å². The first-order chi connectivity index (χ1) is 29.7. The number of pyridine rings is 1. The van der Waals surface area contributed by atoms with Crippen molar-refractivity contribution in [3.63, 3.8) is 0 Å². The van der Waals surface area contributed by atoms with Crippen molar-refractivity contribution >= 4 is 53.7 Å². The van der Waals surface area contributed by atoms with Crippen molar-refractivity contribution in [1.82, 2.24) is 24.1 Å². The molecule has 0 spiro atoms. The van der Waals surface area contributed by atoms with Gasteiger partial charge >= 0.3 is 21.1 Å². The molecule has 0 atom stereocenters. The molecule has 0 aliphatic heterocycles. The van der Waals surface area contributed by atoms with Crippen LogP contribution in [0.1, 0.15) is 26.3 Å². The van der Waals surface area contributed by atoms with Crippen LogP contribution in [0, 0.1) is 17.9 Å². The van der Waals surface area contributed by atoms with E-state index in [0.29, 0.717) is 11.5 Å². The summed E-state index contributed by atoms with van der Waals surface area (Å²) in [5.41, 5.74) is 10.8. The van der Waals surface area contributed by atoms with Crippen LogP contribution in [0.3, 0.4) is 0 Å². The Kier molecular flexibility index (Phi) is 9.93. The van der Waals surface area contributed by atoms with E-state index in [2.05, 4.69) is 96.6 Å². The Labute approximate surface area is 376 Å². The third kappa shape index (κ3) is 6.99. The van der Waals surface area contributed by atoms with E-state index in [1.165, 1.54) is 12.1 Å². The monoisotopic (exact) mass is 1000 g/mol. The van der Waals surface area contributed by atoms with E-state index in [1.54, 1.807) is 23.5 Å². The molecule has 0 radical (unpaired) electrons. The number of hydrogen-bond acceptors (Lipinski definition) is 5. The van der Waals surface area contributed by atoms with Crippen molar-refractivity contribution in [2.24, 2.45) is 0 Å². The zero-order chi connectivity index (χ0) is 41.2. The molecule has 0 saturated heterocycles. The molecule has 302 valence electrons. The number of ether oxygens (including phenoxy) is 1. The predicted molar refractivity (Wildman–Crippen MR) is 246 cm³/mol. The van der Waals surface area contributed by atoms with E-state index in [1.807, 2.05) is 85.1 Å². The average molecular weight is 1010 g/mol. The number of fused-ring (bicyclic) bond motifs is 5. The standard InChI is InChI=1S/C53H36FN5OS.Pt/c1-53(2,3)36-26-34(51-56-44-18-10-12-20-46(44)58(51)38-14-6-4-7-15-38)27-40(29-36)60-41-30-42-49-48(28-35(32-55-49)33-22-24-37(54)25-23-33)61-50(42)43(31-41)52-57-45-19-11-13-21-47(45)59(52)39-16-8-5-9-17-39;/h4-26,28-30,32H,1-3H3;/q-2;+2. The maximum Gasteiger partial charge on any atom is 2.00 e. The number of aromatic nitrogens is 5. The Morgan fingerprint density at radius 3 is 1.84 bits per heavy atom. The molecule has 0 bridgehead atoms. The SMILES string of the molecule is CC(C)(C)c1cc(Oc2[c-]c(-c3nc4ccccc4n3-c3ccccc3)c3sc4cc(-c5ccc(F)cc5)cnc4c3c2)[c-]c(-c2nc3ccccc3n2-c2ccccc2)c1.[Pt+2]. The van der Waals surface area contributed by atoms with Gasteiger partial charge in [0.2, 0.25) is 0 Å². The van der Waals surface area contributed by atoms with Gasteiger partial charge in [-0.2, -0.15) is 11.3 Å². The van der Waals surface area contributed by atoms with Crippen molar-refractivity contribution in [3.8, 4) is 56.8 Å². The van der Waals surface area contributed by atoms with Crippen molar-refractivity contribution in [2.75, 3.05) is 0 Å². The number of benzene rings is 7. The molecule has 0 aliphatic carbocycles. The summed E-state index contributed by atoms with van der Waals surface area (Å²) in [4.78, 5) is 15.5. The van der Waals surface area contributed by atoms with Crippen LogP contribution in [0.4, 0.5) is 4.39 Å². The number of halogens is 1. The van der Waals surface area contributed by atoms with E-state index in [0.717, 1.165) is 93.2 Å². The topological polar surface area (TPSA) is 57.8 Å². The molecule has 0 saturated carbocycles. The zero-order valence-electron chi connectivity index (χ0n) is 33.8. The zero-order valence-corrected chi connectivity index (χ0v) is 36.9. The summed E-state index contributed by atoms with van der Waals surface area (Å²) in [5.74, 6) is 2.27. The van der Waals surface area contributed by atoms with E-state index in [9.17, 15) is 4.39 Å². The molecule has 4 heterocycles. The van der Waals surface area contributed by atoms with Crippen LogP contribution in [0.25, 0.3) is 87.6 Å². The normalized spacial score (nSPS) is 11.7. The van der Waals surface area contributed by atoms with E-state index < -0.39 is 0 Å². The van der Waals surface area contributed by atoms with Crippen molar-refractivity contribution in [2.45, 2.75) is 26.2 Å². The Bertz CT molecular complexity index is 3440. The second-order valence-electron chi connectivity index (χ2n) is 16.1. The number of hydrogen-bond donors (Lipinski definition) is 0. The van der Waals surface area contributed by atoms with Gasteiger partial charge in [-0.25, -0.2) is 4.39 Å². The molecular weight excluding hydrogens is 969 g/mol. The Morgan fingerprint density at radius 2 is 1.19 bits per heavy atom. The van der Waals surface area contributed by atoms with Gasteiger partial charge in [-0.3, -0.25) is 15.0 Å². The van der Waals surface area contributed by atoms with E-state index >= 15 is 0 Å². The van der Waals surface area contributed by atoms with Crippen LogP contribution in [0.5, 0.6) is 11.5 Å². The van der Waals surface area contributed by atoms with Crippen LogP contribution < -0.4 is 4.74 Å². The summed E-state index contributed by atoms with van der Waals surface area (Å²) >= 11 is 1.64. The Morgan fingerprint density at radius 1 is 0.613 bits per heavy atom. The summed E-state index contributed by atoms with van der Waals surface area (Å²) in [6.45, 7) is 6.59. The summed E-state index contributed by atoms with van der Waals surface area (Å²) in [6.07, 6.45) is 1.85. The molecule has 0 N–H and O–H groups in total. The van der Waals surface area contributed by atoms with Crippen LogP contribution in [0.2, 0.25) is 0 Å². The summed E-state index contributed by atoms with van der Waals surface area (Å²) in [6, 6.07) is 59.2. The van der Waals surface area contributed by atoms with Crippen LogP contribution in [-0.4, -0.2) is 24.1 Å². The first-order valence-corrected chi connectivity index (χ1v) is 20.9. The molecular formula is C53H36FN5OPtS. The van der Waals surface area contributed by atoms with Gasteiger partial charge in [-0.1, -0.05) is 129 Å². The third-order valence-corrected chi connectivity index (χ3v) is 12.2. The van der Waals surface area contributed by atoms with Gasteiger partial charge < -0.3 is 13.9 Å². The average Bonchev–Trinajstić information content (AvgIpc) is 3.98.